The average molecular weight is 254 g/mol. The molecule has 0 aliphatic heterocycles. The fourth-order valence-corrected chi connectivity index (χ4v) is 2.37. The Morgan fingerprint density at radius 2 is 2.29 bits per heavy atom. The van der Waals surface area contributed by atoms with Crippen LogP contribution in [0.1, 0.15) is 44.4 Å². The monoisotopic (exact) mass is 254 g/mol. The number of carbonyl (C=O) groups excluding carboxylic acids is 1. The third-order valence-corrected chi connectivity index (χ3v) is 3.93. The van der Waals surface area contributed by atoms with E-state index in [1.54, 1.807) is 11.3 Å². The SMILES string of the molecule is CCCCCC(C)(NCc1cccs1)C(N)=O. The molecule has 0 bridgehead atoms. The maximum absolute atomic E-state index is 11.5. The average Bonchev–Trinajstić information content (AvgIpc) is 2.79. The summed E-state index contributed by atoms with van der Waals surface area (Å²) in [6, 6.07) is 4.07. The van der Waals surface area contributed by atoms with Gasteiger partial charge in [-0.25, -0.2) is 0 Å². The standard InChI is InChI=1S/C13H22N2OS/c1-3-4-5-8-13(2,12(14)16)15-10-11-7-6-9-17-11/h6-7,9,15H,3-5,8,10H2,1-2H3,(H2,14,16). The van der Waals surface area contributed by atoms with Crippen molar-refractivity contribution in [3.63, 3.8) is 0 Å². The van der Waals surface area contributed by atoms with E-state index in [4.69, 9.17) is 5.73 Å². The quantitative estimate of drug-likeness (QED) is 0.701. The van der Waals surface area contributed by atoms with Crippen LogP contribution in [-0.4, -0.2) is 11.4 Å². The first-order chi connectivity index (χ1) is 8.08. The zero-order chi connectivity index (χ0) is 12.7. The summed E-state index contributed by atoms with van der Waals surface area (Å²) in [7, 11) is 0. The Hall–Kier alpha value is -0.870. The number of nitrogens with two attached hydrogens (primary N) is 1. The van der Waals surface area contributed by atoms with Gasteiger partial charge in [-0.2, -0.15) is 0 Å². The van der Waals surface area contributed by atoms with Gasteiger partial charge < -0.3 is 5.73 Å². The van der Waals surface area contributed by atoms with Crippen molar-refractivity contribution in [3.05, 3.63) is 22.4 Å². The fourth-order valence-electron chi connectivity index (χ4n) is 1.72. The van der Waals surface area contributed by atoms with Crippen LogP contribution in [0.3, 0.4) is 0 Å². The van der Waals surface area contributed by atoms with Crippen molar-refractivity contribution in [2.24, 2.45) is 5.73 Å². The van der Waals surface area contributed by atoms with E-state index < -0.39 is 5.54 Å². The summed E-state index contributed by atoms with van der Waals surface area (Å²) in [5.74, 6) is -0.259. The van der Waals surface area contributed by atoms with Gasteiger partial charge in [-0.15, -0.1) is 11.3 Å². The molecule has 1 heterocycles. The predicted octanol–water partition coefficient (Wildman–Crippen LogP) is 2.66. The maximum Gasteiger partial charge on any atom is 0.237 e. The van der Waals surface area contributed by atoms with Crippen LogP contribution in [0, 0.1) is 0 Å². The van der Waals surface area contributed by atoms with Crippen LogP contribution in [0.5, 0.6) is 0 Å². The highest BCUT2D eigenvalue weighted by atomic mass is 32.1. The Labute approximate surface area is 107 Å². The number of nitrogens with one attached hydrogen (secondary N) is 1. The molecular formula is C13H22N2OS. The predicted molar refractivity (Wildman–Crippen MR) is 72.9 cm³/mol. The Bertz CT molecular complexity index is 337. The van der Waals surface area contributed by atoms with Crippen molar-refractivity contribution in [1.29, 1.82) is 0 Å². The molecule has 4 heteroatoms. The first kappa shape index (κ1) is 14.2. The lowest BCUT2D eigenvalue weighted by Gasteiger charge is -2.27. The van der Waals surface area contributed by atoms with Gasteiger partial charge in [0.25, 0.3) is 0 Å². The molecule has 0 fully saturated rings. The normalized spacial score (nSPS) is 14.5. The van der Waals surface area contributed by atoms with Crippen molar-refractivity contribution >= 4 is 17.2 Å². The molecule has 96 valence electrons. The summed E-state index contributed by atoms with van der Waals surface area (Å²) >= 11 is 1.69. The molecule has 0 aliphatic carbocycles. The summed E-state index contributed by atoms with van der Waals surface area (Å²) in [6.07, 6.45) is 4.14. The zero-order valence-corrected chi connectivity index (χ0v) is 11.5. The van der Waals surface area contributed by atoms with Gasteiger partial charge in [-0.3, -0.25) is 10.1 Å². The summed E-state index contributed by atoms with van der Waals surface area (Å²) in [6.45, 7) is 4.77. The highest BCUT2D eigenvalue weighted by Crippen LogP contribution is 2.17. The van der Waals surface area contributed by atoms with Gasteiger partial charge in [0, 0.05) is 11.4 Å². The maximum atomic E-state index is 11.5. The zero-order valence-electron chi connectivity index (χ0n) is 10.7. The van der Waals surface area contributed by atoms with E-state index >= 15 is 0 Å². The van der Waals surface area contributed by atoms with E-state index in [1.807, 2.05) is 18.4 Å². The van der Waals surface area contributed by atoms with Crippen LogP contribution < -0.4 is 11.1 Å². The Balaban J connectivity index is 2.49. The highest BCUT2D eigenvalue weighted by molar-refractivity contribution is 7.09. The van der Waals surface area contributed by atoms with Crippen LogP contribution >= 0.6 is 11.3 Å². The number of hydrogen-bond acceptors (Lipinski definition) is 3. The van der Waals surface area contributed by atoms with E-state index in [-0.39, 0.29) is 5.91 Å². The minimum absolute atomic E-state index is 0.259. The number of primary amides is 1. The lowest BCUT2D eigenvalue weighted by Crippen LogP contribution is -2.52. The van der Waals surface area contributed by atoms with Gasteiger partial charge in [0.1, 0.15) is 0 Å². The Kier molecular flexibility index (Phi) is 5.65. The first-order valence-corrected chi connectivity index (χ1v) is 7.04. The Morgan fingerprint density at radius 1 is 1.53 bits per heavy atom. The molecule has 0 saturated heterocycles. The molecule has 0 aromatic carbocycles. The molecule has 1 atom stereocenters. The van der Waals surface area contributed by atoms with E-state index in [0.29, 0.717) is 6.54 Å². The fraction of sp³-hybridized carbons (Fsp3) is 0.615. The van der Waals surface area contributed by atoms with E-state index in [1.165, 1.54) is 4.88 Å². The third kappa shape index (κ3) is 4.48. The number of unbranched alkanes of at least 4 members (excludes halogenated alkanes) is 2. The lowest BCUT2D eigenvalue weighted by atomic mass is 9.93. The summed E-state index contributed by atoms with van der Waals surface area (Å²) < 4.78 is 0. The first-order valence-electron chi connectivity index (χ1n) is 6.16. The lowest BCUT2D eigenvalue weighted by molar-refractivity contribution is -0.124. The smallest absolute Gasteiger partial charge is 0.237 e. The number of amides is 1. The van der Waals surface area contributed by atoms with Gasteiger partial charge in [-0.1, -0.05) is 32.3 Å². The van der Waals surface area contributed by atoms with E-state index in [0.717, 1.165) is 25.7 Å². The van der Waals surface area contributed by atoms with E-state index in [9.17, 15) is 4.79 Å². The van der Waals surface area contributed by atoms with Crippen LogP contribution in [-0.2, 0) is 11.3 Å². The molecule has 17 heavy (non-hydrogen) atoms. The minimum Gasteiger partial charge on any atom is -0.368 e. The van der Waals surface area contributed by atoms with Crippen molar-refractivity contribution in [2.75, 3.05) is 0 Å². The number of thiophene rings is 1. The van der Waals surface area contributed by atoms with E-state index in [2.05, 4.69) is 18.3 Å². The van der Waals surface area contributed by atoms with Crippen LogP contribution in [0.4, 0.5) is 0 Å². The molecule has 1 aromatic heterocycles. The summed E-state index contributed by atoms with van der Waals surface area (Å²) in [4.78, 5) is 12.8. The van der Waals surface area contributed by atoms with Crippen molar-refractivity contribution in [2.45, 2.75) is 51.6 Å². The topological polar surface area (TPSA) is 55.1 Å². The molecule has 3 N–H and O–H groups in total. The molecule has 3 nitrogen and oxygen atoms in total. The molecule has 1 unspecified atom stereocenters. The van der Waals surface area contributed by atoms with Crippen molar-refractivity contribution in [3.8, 4) is 0 Å². The van der Waals surface area contributed by atoms with Gasteiger partial charge in [0.05, 0.1) is 5.54 Å². The second kappa shape index (κ2) is 6.77. The van der Waals surface area contributed by atoms with Gasteiger partial charge in [0.15, 0.2) is 0 Å². The molecule has 0 spiro atoms. The van der Waals surface area contributed by atoms with Crippen LogP contribution in [0.15, 0.2) is 17.5 Å². The highest BCUT2D eigenvalue weighted by Gasteiger charge is 2.29. The number of hydrogen-bond donors (Lipinski definition) is 2. The molecule has 0 radical (unpaired) electrons. The minimum atomic E-state index is -0.584. The van der Waals surface area contributed by atoms with Crippen LogP contribution in [0.2, 0.25) is 0 Å². The van der Waals surface area contributed by atoms with Gasteiger partial charge >= 0.3 is 0 Å². The number of carbonyl (C=O) groups is 1. The number of rotatable bonds is 8. The van der Waals surface area contributed by atoms with Gasteiger partial charge in [-0.05, 0) is 24.8 Å². The van der Waals surface area contributed by atoms with Crippen molar-refractivity contribution in [1.82, 2.24) is 5.32 Å². The third-order valence-electron chi connectivity index (χ3n) is 3.06. The second-order valence-corrected chi connectivity index (χ2v) is 5.62. The molecule has 0 aliphatic rings. The molecule has 1 rings (SSSR count). The summed E-state index contributed by atoms with van der Waals surface area (Å²) in [5.41, 5.74) is 4.91. The van der Waals surface area contributed by atoms with Crippen molar-refractivity contribution < 1.29 is 4.79 Å². The Morgan fingerprint density at radius 3 is 2.82 bits per heavy atom. The second-order valence-electron chi connectivity index (χ2n) is 4.59. The largest absolute Gasteiger partial charge is 0.368 e. The van der Waals surface area contributed by atoms with Gasteiger partial charge in [0.2, 0.25) is 5.91 Å². The van der Waals surface area contributed by atoms with Crippen LogP contribution in [0.25, 0.3) is 0 Å². The molecule has 1 amide bonds. The molecular weight excluding hydrogens is 232 g/mol. The molecule has 1 aromatic rings. The summed E-state index contributed by atoms with van der Waals surface area (Å²) in [5, 5.41) is 5.33. The molecule has 0 saturated carbocycles.